The van der Waals surface area contributed by atoms with Gasteiger partial charge < -0.3 is 9.80 Å². The molecule has 5 heteroatoms. The van der Waals surface area contributed by atoms with Crippen LogP contribution in [0.1, 0.15) is 40.7 Å². The van der Waals surface area contributed by atoms with Crippen molar-refractivity contribution in [2.75, 3.05) is 16.3 Å². The number of para-hydroxylation sites is 2. The SMILES string of the molecule is Cc1cc(C(=O)N2c3ccccc3CC2C)nc(N2CCCc3ccccc32)n1. The van der Waals surface area contributed by atoms with Crippen LogP contribution in [-0.4, -0.2) is 28.5 Å². The number of benzene rings is 2. The summed E-state index contributed by atoms with van der Waals surface area (Å²) in [6, 6.07) is 18.4. The van der Waals surface area contributed by atoms with Gasteiger partial charge in [-0.1, -0.05) is 36.4 Å². The van der Waals surface area contributed by atoms with Crippen molar-refractivity contribution < 1.29 is 4.79 Å². The van der Waals surface area contributed by atoms with Crippen LogP contribution in [0.15, 0.2) is 54.6 Å². The Hall–Kier alpha value is -3.21. The van der Waals surface area contributed by atoms with E-state index in [0.717, 1.165) is 42.9 Å². The standard InChI is InChI=1S/C24H24N4O/c1-16-14-20(23(29)28-17(2)15-19-9-4-6-12-22(19)28)26-24(25-16)27-13-7-10-18-8-3-5-11-21(18)27/h3-6,8-9,11-12,14,17H,7,10,13,15H2,1-2H3. The lowest BCUT2D eigenvalue weighted by atomic mass is 10.0. The molecule has 1 atom stereocenters. The fourth-order valence-corrected chi connectivity index (χ4v) is 4.52. The van der Waals surface area contributed by atoms with Crippen LogP contribution >= 0.6 is 0 Å². The van der Waals surface area contributed by atoms with E-state index in [9.17, 15) is 4.79 Å². The number of rotatable bonds is 2. The molecule has 0 bridgehead atoms. The van der Waals surface area contributed by atoms with E-state index in [0.29, 0.717) is 11.6 Å². The Balaban J connectivity index is 1.54. The maximum Gasteiger partial charge on any atom is 0.277 e. The first-order valence-electron chi connectivity index (χ1n) is 10.2. The first-order chi connectivity index (χ1) is 14.1. The van der Waals surface area contributed by atoms with Gasteiger partial charge in [0.15, 0.2) is 0 Å². The van der Waals surface area contributed by atoms with Gasteiger partial charge in [-0.2, -0.15) is 0 Å². The molecule has 1 amide bonds. The van der Waals surface area contributed by atoms with Crippen molar-refractivity contribution in [3.63, 3.8) is 0 Å². The normalized spacial score (nSPS) is 17.8. The molecule has 1 aromatic heterocycles. The summed E-state index contributed by atoms with van der Waals surface area (Å²) in [6.07, 6.45) is 2.98. The second-order valence-electron chi connectivity index (χ2n) is 7.94. The number of carbonyl (C=O) groups is 1. The van der Waals surface area contributed by atoms with Gasteiger partial charge in [0.05, 0.1) is 0 Å². The number of aryl methyl sites for hydroxylation is 2. The fraction of sp³-hybridized carbons (Fsp3) is 0.292. The number of amides is 1. The zero-order chi connectivity index (χ0) is 20.0. The maximum absolute atomic E-state index is 13.5. The topological polar surface area (TPSA) is 49.3 Å². The summed E-state index contributed by atoms with van der Waals surface area (Å²) in [5.74, 6) is 0.556. The third-order valence-corrected chi connectivity index (χ3v) is 5.84. The largest absolute Gasteiger partial charge is 0.310 e. The molecule has 3 aromatic rings. The lowest BCUT2D eigenvalue weighted by Gasteiger charge is -2.30. The smallest absolute Gasteiger partial charge is 0.277 e. The van der Waals surface area contributed by atoms with Crippen molar-refractivity contribution in [1.29, 1.82) is 0 Å². The third-order valence-electron chi connectivity index (χ3n) is 5.84. The molecule has 0 spiro atoms. The average molecular weight is 384 g/mol. The second kappa shape index (κ2) is 6.99. The number of hydrogen-bond donors (Lipinski definition) is 0. The third kappa shape index (κ3) is 3.07. The van der Waals surface area contributed by atoms with E-state index in [2.05, 4.69) is 41.1 Å². The highest BCUT2D eigenvalue weighted by molar-refractivity contribution is 6.06. The van der Waals surface area contributed by atoms with Crippen LogP contribution in [0.3, 0.4) is 0 Å². The lowest BCUT2D eigenvalue weighted by Crippen LogP contribution is -2.36. The Kier molecular flexibility index (Phi) is 4.31. The van der Waals surface area contributed by atoms with E-state index < -0.39 is 0 Å². The molecule has 146 valence electrons. The highest BCUT2D eigenvalue weighted by Crippen LogP contribution is 2.34. The molecule has 1 unspecified atom stereocenters. The second-order valence-corrected chi connectivity index (χ2v) is 7.94. The molecule has 3 heterocycles. The monoisotopic (exact) mass is 384 g/mol. The molecule has 2 aliphatic heterocycles. The van der Waals surface area contributed by atoms with Gasteiger partial charge >= 0.3 is 0 Å². The molecule has 29 heavy (non-hydrogen) atoms. The van der Waals surface area contributed by atoms with Crippen LogP contribution in [0, 0.1) is 6.92 Å². The Bertz CT molecular complexity index is 1090. The summed E-state index contributed by atoms with van der Waals surface area (Å²) in [7, 11) is 0. The van der Waals surface area contributed by atoms with E-state index in [1.54, 1.807) is 6.07 Å². The molecule has 5 rings (SSSR count). The molecule has 0 radical (unpaired) electrons. The zero-order valence-corrected chi connectivity index (χ0v) is 16.8. The van der Waals surface area contributed by atoms with Gasteiger partial charge in [0.1, 0.15) is 5.69 Å². The van der Waals surface area contributed by atoms with Crippen LogP contribution in [0.2, 0.25) is 0 Å². The minimum absolute atomic E-state index is 0.0560. The summed E-state index contributed by atoms with van der Waals surface area (Å²) in [5, 5.41) is 0. The number of fused-ring (bicyclic) bond motifs is 2. The van der Waals surface area contributed by atoms with Crippen molar-refractivity contribution in [3.05, 3.63) is 77.1 Å². The first-order valence-corrected chi connectivity index (χ1v) is 10.2. The molecule has 0 saturated heterocycles. The number of carbonyl (C=O) groups excluding carboxylic acids is 1. The summed E-state index contributed by atoms with van der Waals surface area (Å²) in [5.41, 5.74) is 5.91. The van der Waals surface area contributed by atoms with Gasteiger partial charge in [0.25, 0.3) is 5.91 Å². The first kappa shape index (κ1) is 17.9. The van der Waals surface area contributed by atoms with Crippen molar-refractivity contribution in [2.24, 2.45) is 0 Å². The molecular formula is C24H24N4O. The van der Waals surface area contributed by atoms with Crippen LogP contribution in [0.25, 0.3) is 0 Å². The average Bonchev–Trinajstić information content (AvgIpc) is 3.08. The zero-order valence-electron chi connectivity index (χ0n) is 16.8. The quantitative estimate of drug-likeness (QED) is 0.654. The van der Waals surface area contributed by atoms with Gasteiger partial charge in [-0.05, 0) is 62.4 Å². The molecule has 0 saturated carbocycles. The molecule has 2 aliphatic rings. The highest BCUT2D eigenvalue weighted by atomic mass is 16.2. The Morgan fingerprint density at radius 2 is 1.72 bits per heavy atom. The fourth-order valence-electron chi connectivity index (χ4n) is 4.52. The van der Waals surface area contributed by atoms with E-state index >= 15 is 0 Å². The van der Waals surface area contributed by atoms with Crippen LogP contribution in [0.5, 0.6) is 0 Å². The van der Waals surface area contributed by atoms with Crippen molar-refractivity contribution in [3.8, 4) is 0 Å². The van der Waals surface area contributed by atoms with Crippen LogP contribution < -0.4 is 9.80 Å². The maximum atomic E-state index is 13.5. The Morgan fingerprint density at radius 1 is 1.00 bits per heavy atom. The number of anilines is 3. The van der Waals surface area contributed by atoms with E-state index in [1.807, 2.05) is 36.1 Å². The molecular weight excluding hydrogens is 360 g/mol. The minimum Gasteiger partial charge on any atom is -0.310 e. The molecule has 2 aromatic carbocycles. The molecule has 0 fully saturated rings. The summed E-state index contributed by atoms with van der Waals surface area (Å²) < 4.78 is 0. The lowest BCUT2D eigenvalue weighted by molar-refractivity contribution is 0.0976. The predicted molar refractivity (Wildman–Crippen MR) is 115 cm³/mol. The summed E-state index contributed by atoms with van der Waals surface area (Å²) >= 11 is 0. The highest BCUT2D eigenvalue weighted by Gasteiger charge is 2.32. The van der Waals surface area contributed by atoms with Gasteiger partial charge in [-0.15, -0.1) is 0 Å². The number of nitrogens with zero attached hydrogens (tertiary/aromatic N) is 4. The minimum atomic E-state index is -0.0560. The Morgan fingerprint density at radius 3 is 2.55 bits per heavy atom. The molecule has 0 aliphatic carbocycles. The van der Waals surface area contributed by atoms with Crippen molar-refractivity contribution >= 4 is 23.2 Å². The van der Waals surface area contributed by atoms with E-state index in [1.165, 1.54) is 11.1 Å². The summed E-state index contributed by atoms with van der Waals surface area (Å²) in [6.45, 7) is 4.88. The number of aromatic nitrogens is 2. The van der Waals surface area contributed by atoms with Crippen LogP contribution in [0.4, 0.5) is 17.3 Å². The van der Waals surface area contributed by atoms with Crippen molar-refractivity contribution in [2.45, 2.75) is 39.2 Å². The van der Waals surface area contributed by atoms with Gasteiger partial charge in [0, 0.05) is 29.7 Å². The Labute approximate surface area is 171 Å². The van der Waals surface area contributed by atoms with Crippen LogP contribution in [-0.2, 0) is 12.8 Å². The molecule has 5 nitrogen and oxygen atoms in total. The van der Waals surface area contributed by atoms with Gasteiger partial charge in [-0.3, -0.25) is 4.79 Å². The van der Waals surface area contributed by atoms with Gasteiger partial charge in [-0.25, -0.2) is 9.97 Å². The number of hydrogen-bond acceptors (Lipinski definition) is 4. The predicted octanol–water partition coefficient (Wildman–Crippen LogP) is 4.46. The molecule has 0 N–H and O–H groups in total. The van der Waals surface area contributed by atoms with E-state index in [-0.39, 0.29) is 11.9 Å². The van der Waals surface area contributed by atoms with E-state index in [4.69, 9.17) is 4.98 Å². The van der Waals surface area contributed by atoms with Gasteiger partial charge in [0.2, 0.25) is 5.95 Å². The summed E-state index contributed by atoms with van der Waals surface area (Å²) in [4.78, 5) is 26.9. The van der Waals surface area contributed by atoms with Crippen molar-refractivity contribution in [1.82, 2.24) is 9.97 Å².